The van der Waals surface area contributed by atoms with E-state index in [0.29, 0.717) is 13.0 Å². The number of carbonyl (C=O) groups is 2. The summed E-state index contributed by atoms with van der Waals surface area (Å²) in [5.74, 6) is 0.0755. The predicted octanol–water partition coefficient (Wildman–Crippen LogP) is 3.10. The summed E-state index contributed by atoms with van der Waals surface area (Å²) in [5, 5.41) is 6.02. The molecular formula is C22H28N4O2. The summed E-state index contributed by atoms with van der Waals surface area (Å²) >= 11 is 0. The number of aryl methyl sites for hydroxylation is 1. The summed E-state index contributed by atoms with van der Waals surface area (Å²) in [6, 6.07) is 16.0. The van der Waals surface area contributed by atoms with Gasteiger partial charge in [0, 0.05) is 63.1 Å². The highest BCUT2D eigenvalue weighted by molar-refractivity contribution is 5.89. The number of piperazine rings is 1. The summed E-state index contributed by atoms with van der Waals surface area (Å²) in [5.41, 5.74) is 4.12. The topological polar surface area (TPSA) is 64.7 Å². The molecule has 0 unspecified atom stereocenters. The van der Waals surface area contributed by atoms with Crippen molar-refractivity contribution in [1.82, 2.24) is 4.90 Å². The molecule has 1 aliphatic heterocycles. The molecule has 1 saturated heterocycles. The third kappa shape index (κ3) is 5.49. The minimum Gasteiger partial charge on any atom is -0.384 e. The van der Waals surface area contributed by atoms with Crippen molar-refractivity contribution in [2.45, 2.75) is 20.3 Å². The molecule has 148 valence electrons. The Morgan fingerprint density at radius 3 is 2.39 bits per heavy atom. The van der Waals surface area contributed by atoms with E-state index in [1.54, 1.807) is 0 Å². The molecule has 6 nitrogen and oxygen atoms in total. The van der Waals surface area contributed by atoms with Gasteiger partial charge in [-0.2, -0.15) is 0 Å². The minimum atomic E-state index is -0.0999. The van der Waals surface area contributed by atoms with Crippen LogP contribution in [0.25, 0.3) is 0 Å². The van der Waals surface area contributed by atoms with Crippen LogP contribution in [0.3, 0.4) is 0 Å². The molecule has 6 heteroatoms. The molecule has 2 amide bonds. The van der Waals surface area contributed by atoms with Gasteiger partial charge in [-0.1, -0.05) is 18.2 Å². The Morgan fingerprint density at radius 2 is 1.68 bits per heavy atom. The highest BCUT2D eigenvalue weighted by Gasteiger charge is 2.20. The number of anilines is 3. The lowest BCUT2D eigenvalue weighted by atomic mass is 10.2. The molecule has 0 aliphatic carbocycles. The molecule has 0 radical (unpaired) electrons. The first-order chi connectivity index (χ1) is 13.5. The Labute approximate surface area is 166 Å². The normalized spacial score (nSPS) is 13.9. The van der Waals surface area contributed by atoms with Gasteiger partial charge in [-0.15, -0.1) is 0 Å². The van der Waals surface area contributed by atoms with Crippen molar-refractivity contribution in [3.63, 3.8) is 0 Å². The Balaban J connectivity index is 1.43. The van der Waals surface area contributed by atoms with E-state index in [1.165, 1.54) is 18.2 Å². The maximum absolute atomic E-state index is 12.5. The zero-order valence-electron chi connectivity index (χ0n) is 16.6. The molecule has 2 aromatic rings. The number of rotatable bonds is 6. The van der Waals surface area contributed by atoms with E-state index in [1.807, 2.05) is 29.2 Å². The fourth-order valence-electron chi connectivity index (χ4n) is 3.42. The standard InChI is InChI=1S/C22H28N4O2/c1-17-5-3-8-21(15-17)25-11-13-26(14-12-25)22(28)9-10-23-19-6-4-7-20(16-19)24-18(2)27/h3-8,15-16,23H,9-14H2,1-2H3,(H,24,27). The van der Waals surface area contributed by atoms with Crippen molar-refractivity contribution >= 4 is 28.9 Å². The van der Waals surface area contributed by atoms with Gasteiger partial charge in [0.05, 0.1) is 0 Å². The van der Waals surface area contributed by atoms with Crippen molar-refractivity contribution < 1.29 is 9.59 Å². The van der Waals surface area contributed by atoms with Crippen molar-refractivity contribution in [2.24, 2.45) is 0 Å². The maximum Gasteiger partial charge on any atom is 0.224 e. The number of hydrogen-bond acceptors (Lipinski definition) is 4. The van der Waals surface area contributed by atoms with Gasteiger partial charge in [0.15, 0.2) is 0 Å². The quantitative estimate of drug-likeness (QED) is 0.808. The van der Waals surface area contributed by atoms with Crippen LogP contribution < -0.4 is 15.5 Å². The van der Waals surface area contributed by atoms with Gasteiger partial charge in [-0.25, -0.2) is 0 Å². The maximum atomic E-state index is 12.5. The van der Waals surface area contributed by atoms with E-state index in [-0.39, 0.29) is 11.8 Å². The molecule has 0 aromatic heterocycles. The molecule has 3 rings (SSSR count). The second kappa shape index (κ2) is 9.26. The molecular weight excluding hydrogens is 352 g/mol. The number of benzene rings is 2. The summed E-state index contributed by atoms with van der Waals surface area (Å²) in [7, 11) is 0. The zero-order valence-corrected chi connectivity index (χ0v) is 16.6. The number of carbonyl (C=O) groups excluding carboxylic acids is 2. The highest BCUT2D eigenvalue weighted by atomic mass is 16.2. The second-order valence-corrected chi connectivity index (χ2v) is 7.15. The number of amides is 2. The second-order valence-electron chi connectivity index (χ2n) is 7.15. The third-order valence-corrected chi connectivity index (χ3v) is 4.85. The number of hydrogen-bond donors (Lipinski definition) is 2. The van der Waals surface area contributed by atoms with Crippen LogP contribution in [-0.2, 0) is 9.59 Å². The number of nitrogens with one attached hydrogen (secondary N) is 2. The van der Waals surface area contributed by atoms with Gasteiger partial charge in [0.25, 0.3) is 0 Å². The van der Waals surface area contributed by atoms with Crippen LogP contribution in [0.1, 0.15) is 18.9 Å². The van der Waals surface area contributed by atoms with E-state index in [4.69, 9.17) is 0 Å². The SMILES string of the molecule is CC(=O)Nc1cccc(NCCC(=O)N2CCN(c3cccc(C)c3)CC2)c1. The van der Waals surface area contributed by atoms with E-state index < -0.39 is 0 Å². The van der Waals surface area contributed by atoms with Crippen LogP contribution in [0.2, 0.25) is 0 Å². The van der Waals surface area contributed by atoms with Gasteiger partial charge in [0.1, 0.15) is 0 Å². The molecule has 0 bridgehead atoms. The summed E-state index contributed by atoms with van der Waals surface area (Å²) in [4.78, 5) is 27.9. The van der Waals surface area contributed by atoms with Gasteiger partial charge in [-0.3, -0.25) is 9.59 Å². The first-order valence-electron chi connectivity index (χ1n) is 9.72. The average molecular weight is 380 g/mol. The fraction of sp³-hybridized carbons (Fsp3) is 0.364. The molecule has 1 fully saturated rings. The molecule has 0 saturated carbocycles. The largest absolute Gasteiger partial charge is 0.384 e. The summed E-state index contributed by atoms with van der Waals surface area (Å²) in [6.45, 7) is 7.39. The van der Waals surface area contributed by atoms with Crippen molar-refractivity contribution in [3.05, 3.63) is 54.1 Å². The van der Waals surface area contributed by atoms with Crippen LogP contribution in [0.4, 0.5) is 17.1 Å². The van der Waals surface area contributed by atoms with Gasteiger partial charge in [-0.05, 0) is 42.8 Å². The van der Waals surface area contributed by atoms with E-state index in [2.05, 4.69) is 46.7 Å². The fourth-order valence-corrected chi connectivity index (χ4v) is 3.42. The monoisotopic (exact) mass is 380 g/mol. The van der Waals surface area contributed by atoms with E-state index in [0.717, 1.165) is 37.6 Å². The zero-order chi connectivity index (χ0) is 19.9. The Bertz CT molecular complexity index is 829. The lowest BCUT2D eigenvalue weighted by molar-refractivity contribution is -0.131. The lowest BCUT2D eigenvalue weighted by Crippen LogP contribution is -2.49. The Kier molecular flexibility index (Phi) is 6.53. The molecule has 1 heterocycles. The van der Waals surface area contributed by atoms with Gasteiger partial charge < -0.3 is 20.4 Å². The van der Waals surface area contributed by atoms with Crippen LogP contribution in [0, 0.1) is 6.92 Å². The first-order valence-corrected chi connectivity index (χ1v) is 9.72. The minimum absolute atomic E-state index is 0.0999. The van der Waals surface area contributed by atoms with Crippen LogP contribution in [0.15, 0.2) is 48.5 Å². The van der Waals surface area contributed by atoms with E-state index in [9.17, 15) is 9.59 Å². The number of nitrogens with zero attached hydrogens (tertiary/aromatic N) is 2. The molecule has 2 aromatic carbocycles. The molecule has 28 heavy (non-hydrogen) atoms. The Morgan fingerprint density at radius 1 is 0.964 bits per heavy atom. The van der Waals surface area contributed by atoms with Crippen molar-refractivity contribution in [3.8, 4) is 0 Å². The molecule has 2 N–H and O–H groups in total. The summed E-state index contributed by atoms with van der Waals surface area (Å²) < 4.78 is 0. The van der Waals surface area contributed by atoms with Crippen LogP contribution in [0.5, 0.6) is 0 Å². The van der Waals surface area contributed by atoms with Crippen molar-refractivity contribution in [1.29, 1.82) is 0 Å². The Hall–Kier alpha value is -3.02. The van der Waals surface area contributed by atoms with Gasteiger partial charge in [0.2, 0.25) is 11.8 Å². The first kappa shape index (κ1) is 19.7. The third-order valence-electron chi connectivity index (χ3n) is 4.85. The predicted molar refractivity (Wildman–Crippen MR) is 114 cm³/mol. The van der Waals surface area contributed by atoms with Crippen molar-refractivity contribution in [2.75, 3.05) is 48.3 Å². The highest BCUT2D eigenvalue weighted by Crippen LogP contribution is 2.18. The molecule has 1 aliphatic rings. The summed E-state index contributed by atoms with van der Waals surface area (Å²) in [6.07, 6.45) is 0.453. The van der Waals surface area contributed by atoms with Crippen LogP contribution in [-0.4, -0.2) is 49.4 Å². The smallest absolute Gasteiger partial charge is 0.224 e. The van der Waals surface area contributed by atoms with Crippen LogP contribution >= 0.6 is 0 Å². The molecule has 0 atom stereocenters. The van der Waals surface area contributed by atoms with Gasteiger partial charge >= 0.3 is 0 Å². The average Bonchev–Trinajstić information content (AvgIpc) is 2.68. The van der Waals surface area contributed by atoms with E-state index >= 15 is 0 Å². The lowest BCUT2D eigenvalue weighted by Gasteiger charge is -2.36. The molecule has 0 spiro atoms.